The van der Waals surface area contributed by atoms with Gasteiger partial charge in [0.2, 0.25) is 5.88 Å². The van der Waals surface area contributed by atoms with E-state index in [1.54, 1.807) is 19.1 Å². The molecule has 0 aliphatic heterocycles. The number of anilines is 1. The Bertz CT molecular complexity index is 601. The summed E-state index contributed by atoms with van der Waals surface area (Å²) in [7, 11) is 1.96. The van der Waals surface area contributed by atoms with Crippen LogP contribution in [0.1, 0.15) is 19.4 Å². The van der Waals surface area contributed by atoms with Gasteiger partial charge in [0.1, 0.15) is 23.7 Å². The zero-order chi connectivity index (χ0) is 14.7. The first-order valence-corrected chi connectivity index (χ1v) is 6.46. The Morgan fingerprint density at radius 3 is 2.60 bits per heavy atom. The zero-order valence-corrected chi connectivity index (χ0v) is 12.1. The van der Waals surface area contributed by atoms with E-state index >= 15 is 0 Å². The SMILES string of the molecule is Cc1cc(F)ccc1Oc1cc(N(C)C(C)C)ncn1. The molecule has 0 bridgehead atoms. The molecule has 0 aliphatic rings. The molecule has 0 radical (unpaired) electrons. The molecular formula is C15H18FN3O. The molecule has 1 heterocycles. The van der Waals surface area contributed by atoms with E-state index in [1.807, 2.05) is 11.9 Å². The van der Waals surface area contributed by atoms with E-state index in [0.717, 1.165) is 11.4 Å². The second-order valence-corrected chi connectivity index (χ2v) is 4.93. The maximum atomic E-state index is 13.1. The van der Waals surface area contributed by atoms with Crippen molar-refractivity contribution in [3.63, 3.8) is 0 Å². The van der Waals surface area contributed by atoms with Crippen molar-refractivity contribution in [3.8, 4) is 11.6 Å². The molecule has 0 aliphatic carbocycles. The number of aromatic nitrogens is 2. The minimum Gasteiger partial charge on any atom is -0.439 e. The van der Waals surface area contributed by atoms with Gasteiger partial charge in [-0.2, -0.15) is 0 Å². The van der Waals surface area contributed by atoms with Crippen LogP contribution in [0.3, 0.4) is 0 Å². The first kappa shape index (κ1) is 14.2. The fourth-order valence-electron chi connectivity index (χ4n) is 1.68. The number of rotatable bonds is 4. The number of benzene rings is 1. The predicted molar refractivity (Wildman–Crippen MR) is 76.8 cm³/mol. The normalized spacial score (nSPS) is 10.7. The first-order valence-electron chi connectivity index (χ1n) is 6.46. The highest BCUT2D eigenvalue weighted by Crippen LogP contribution is 2.25. The highest BCUT2D eigenvalue weighted by Gasteiger charge is 2.09. The van der Waals surface area contributed by atoms with Crippen LogP contribution in [0, 0.1) is 12.7 Å². The van der Waals surface area contributed by atoms with Crippen molar-refractivity contribution in [1.29, 1.82) is 0 Å². The number of ether oxygens (including phenoxy) is 1. The molecule has 4 nitrogen and oxygen atoms in total. The van der Waals surface area contributed by atoms with Gasteiger partial charge in [-0.15, -0.1) is 0 Å². The Morgan fingerprint density at radius 1 is 1.20 bits per heavy atom. The summed E-state index contributed by atoms with van der Waals surface area (Å²) in [5.74, 6) is 1.53. The minimum atomic E-state index is -0.280. The molecule has 0 fully saturated rings. The van der Waals surface area contributed by atoms with Crippen LogP contribution < -0.4 is 9.64 Å². The second kappa shape index (κ2) is 5.86. The molecule has 1 aromatic carbocycles. The van der Waals surface area contributed by atoms with Gasteiger partial charge in [-0.05, 0) is 44.5 Å². The number of halogens is 1. The van der Waals surface area contributed by atoms with Gasteiger partial charge in [-0.1, -0.05) is 0 Å². The van der Waals surface area contributed by atoms with Gasteiger partial charge < -0.3 is 9.64 Å². The molecule has 5 heteroatoms. The predicted octanol–water partition coefficient (Wildman–Crippen LogP) is 3.56. The maximum absolute atomic E-state index is 13.1. The smallest absolute Gasteiger partial charge is 0.224 e. The van der Waals surface area contributed by atoms with Crippen LogP contribution in [0.2, 0.25) is 0 Å². The van der Waals surface area contributed by atoms with Crippen LogP contribution in [-0.4, -0.2) is 23.1 Å². The molecule has 2 rings (SSSR count). The average Bonchev–Trinajstić information content (AvgIpc) is 2.41. The fraction of sp³-hybridized carbons (Fsp3) is 0.333. The number of hydrogen-bond donors (Lipinski definition) is 0. The third kappa shape index (κ3) is 3.23. The second-order valence-electron chi connectivity index (χ2n) is 4.93. The molecule has 0 N–H and O–H groups in total. The molecule has 0 saturated heterocycles. The highest BCUT2D eigenvalue weighted by molar-refractivity contribution is 5.43. The zero-order valence-electron chi connectivity index (χ0n) is 12.1. The van der Waals surface area contributed by atoms with Crippen LogP contribution in [0.4, 0.5) is 10.2 Å². The van der Waals surface area contributed by atoms with E-state index in [-0.39, 0.29) is 5.82 Å². The van der Waals surface area contributed by atoms with Gasteiger partial charge in [0, 0.05) is 19.2 Å². The standard InChI is InChI=1S/C15H18FN3O/c1-10(2)19(4)14-8-15(18-9-17-14)20-13-6-5-12(16)7-11(13)3/h5-10H,1-4H3. The Hall–Kier alpha value is -2.17. The summed E-state index contributed by atoms with van der Waals surface area (Å²) in [5.41, 5.74) is 0.724. The summed E-state index contributed by atoms with van der Waals surface area (Å²) in [6.07, 6.45) is 1.46. The average molecular weight is 275 g/mol. The van der Waals surface area contributed by atoms with Crippen molar-refractivity contribution < 1.29 is 9.13 Å². The van der Waals surface area contributed by atoms with Gasteiger partial charge in [-0.3, -0.25) is 0 Å². The highest BCUT2D eigenvalue weighted by atomic mass is 19.1. The van der Waals surface area contributed by atoms with Gasteiger partial charge in [0.05, 0.1) is 0 Å². The van der Waals surface area contributed by atoms with Crippen LogP contribution >= 0.6 is 0 Å². The molecule has 0 spiro atoms. The third-order valence-electron chi connectivity index (χ3n) is 3.12. The lowest BCUT2D eigenvalue weighted by Crippen LogP contribution is -2.26. The number of hydrogen-bond acceptors (Lipinski definition) is 4. The molecule has 106 valence electrons. The molecular weight excluding hydrogens is 257 g/mol. The summed E-state index contributed by atoms with van der Waals surface area (Å²) >= 11 is 0. The summed E-state index contributed by atoms with van der Waals surface area (Å²) in [6, 6.07) is 6.48. The van der Waals surface area contributed by atoms with Crippen LogP contribution in [0.25, 0.3) is 0 Å². The van der Waals surface area contributed by atoms with Gasteiger partial charge in [0.25, 0.3) is 0 Å². The minimum absolute atomic E-state index is 0.280. The molecule has 0 unspecified atom stereocenters. The molecule has 1 aromatic heterocycles. The van der Waals surface area contributed by atoms with E-state index in [0.29, 0.717) is 17.7 Å². The van der Waals surface area contributed by atoms with Crippen molar-refractivity contribution in [3.05, 3.63) is 42.0 Å². The fourth-order valence-corrected chi connectivity index (χ4v) is 1.68. The van der Waals surface area contributed by atoms with E-state index in [1.165, 1.54) is 18.5 Å². The van der Waals surface area contributed by atoms with Crippen LogP contribution in [0.15, 0.2) is 30.6 Å². The maximum Gasteiger partial charge on any atom is 0.224 e. The summed E-state index contributed by atoms with van der Waals surface area (Å²) < 4.78 is 18.7. The topological polar surface area (TPSA) is 38.2 Å². The van der Waals surface area contributed by atoms with E-state index in [4.69, 9.17) is 4.74 Å². The molecule has 0 saturated carbocycles. The Kier molecular flexibility index (Phi) is 4.17. The van der Waals surface area contributed by atoms with Crippen LogP contribution in [-0.2, 0) is 0 Å². The lowest BCUT2D eigenvalue weighted by molar-refractivity contribution is 0.456. The van der Waals surface area contributed by atoms with Crippen molar-refractivity contribution >= 4 is 5.82 Å². The summed E-state index contributed by atoms with van der Waals surface area (Å²) in [4.78, 5) is 10.3. The van der Waals surface area contributed by atoms with E-state index in [9.17, 15) is 4.39 Å². The lowest BCUT2D eigenvalue weighted by Gasteiger charge is -2.22. The Labute approximate surface area is 118 Å². The molecule has 0 atom stereocenters. The summed E-state index contributed by atoms with van der Waals surface area (Å²) in [5, 5.41) is 0. The molecule has 2 aromatic rings. The van der Waals surface area contributed by atoms with Crippen molar-refractivity contribution in [2.24, 2.45) is 0 Å². The van der Waals surface area contributed by atoms with Crippen LogP contribution in [0.5, 0.6) is 11.6 Å². The van der Waals surface area contributed by atoms with E-state index < -0.39 is 0 Å². The monoisotopic (exact) mass is 275 g/mol. The molecule has 20 heavy (non-hydrogen) atoms. The quantitative estimate of drug-likeness (QED) is 0.855. The van der Waals surface area contributed by atoms with Gasteiger partial charge in [0.15, 0.2) is 0 Å². The van der Waals surface area contributed by atoms with E-state index in [2.05, 4.69) is 23.8 Å². The largest absolute Gasteiger partial charge is 0.439 e. The third-order valence-corrected chi connectivity index (χ3v) is 3.12. The van der Waals surface area contributed by atoms with Gasteiger partial charge in [-0.25, -0.2) is 14.4 Å². The molecule has 0 amide bonds. The lowest BCUT2D eigenvalue weighted by atomic mass is 10.2. The Morgan fingerprint density at radius 2 is 1.95 bits per heavy atom. The number of nitrogens with zero attached hydrogens (tertiary/aromatic N) is 3. The van der Waals surface area contributed by atoms with Gasteiger partial charge >= 0.3 is 0 Å². The van der Waals surface area contributed by atoms with Crippen molar-refractivity contribution in [2.45, 2.75) is 26.8 Å². The van der Waals surface area contributed by atoms with Crippen molar-refractivity contribution in [2.75, 3.05) is 11.9 Å². The Balaban J connectivity index is 2.23. The summed E-state index contributed by atoms with van der Waals surface area (Å²) in [6.45, 7) is 5.94. The van der Waals surface area contributed by atoms with Crippen molar-refractivity contribution in [1.82, 2.24) is 9.97 Å². The first-order chi connectivity index (χ1) is 9.47. The number of aryl methyl sites for hydroxylation is 1.